The molecule has 0 amide bonds. The molecule has 0 atom stereocenters. The molecule has 2 aliphatic heterocycles. The second-order valence-corrected chi connectivity index (χ2v) is 27.0. The molecule has 72 heavy (non-hydrogen) atoms. The summed E-state index contributed by atoms with van der Waals surface area (Å²) in [5, 5.41) is 7.82. The van der Waals surface area contributed by atoms with Crippen LogP contribution in [0.3, 0.4) is 0 Å². The summed E-state index contributed by atoms with van der Waals surface area (Å²) < 4.78 is 12.6. The van der Waals surface area contributed by atoms with Crippen molar-refractivity contribution in [1.29, 1.82) is 0 Å². The fraction of sp³-hybridized carbons (Fsp3) is 0.284. The van der Waals surface area contributed by atoms with Crippen molar-refractivity contribution in [2.45, 2.75) is 123 Å². The predicted molar refractivity (Wildman–Crippen MR) is 310 cm³/mol. The summed E-state index contributed by atoms with van der Waals surface area (Å²) in [7, 11) is 0. The van der Waals surface area contributed by atoms with Gasteiger partial charge >= 0.3 is 6.85 Å². The first-order chi connectivity index (χ1) is 34.2. The number of benzene rings is 8. The largest absolute Gasteiger partial charge is 0.456 e. The highest BCUT2D eigenvalue weighted by Crippen LogP contribution is 2.57. The molecule has 0 spiro atoms. The number of anilines is 2. The first-order valence-electron chi connectivity index (χ1n) is 26.4. The molecule has 0 radical (unpaired) electrons. The lowest BCUT2D eigenvalue weighted by Crippen LogP contribution is -2.60. The zero-order chi connectivity index (χ0) is 49.5. The molecule has 3 aromatic heterocycles. The molecule has 15 rings (SSSR count). The summed E-state index contributed by atoms with van der Waals surface area (Å²) >= 11 is 1.98. The van der Waals surface area contributed by atoms with E-state index in [1.54, 1.807) is 0 Å². The molecule has 354 valence electrons. The lowest BCUT2D eigenvalue weighted by molar-refractivity contribution is 0.332. The van der Waals surface area contributed by atoms with Gasteiger partial charge in [-0.2, -0.15) is 0 Å². The fourth-order valence-corrected chi connectivity index (χ4v) is 15.4. The maximum absolute atomic E-state index is 7.22. The van der Waals surface area contributed by atoms with Gasteiger partial charge < -0.3 is 13.8 Å². The first-order valence-corrected chi connectivity index (χ1v) is 27.2. The van der Waals surface area contributed by atoms with Gasteiger partial charge in [-0.1, -0.05) is 150 Å². The molecule has 11 aromatic rings. The van der Waals surface area contributed by atoms with Crippen LogP contribution in [0.1, 0.15) is 129 Å². The van der Waals surface area contributed by atoms with Gasteiger partial charge in [-0.25, -0.2) is 0 Å². The Morgan fingerprint density at radius 2 is 1.21 bits per heavy atom. The van der Waals surface area contributed by atoms with Gasteiger partial charge in [0.1, 0.15) is 11.2 Å². The minimum Gasteiger partial charge on any atom is -0.456 e. The highest BCUT2D eigenvalue weighted by atomic mass is 32.1. The Bertz CT molecular complexity index is 4270. The van der Waals surface area contributed by atoms with Gasteiger partial charge in [0.05, 0.1) is 11.0 Å². The van der Waals surface area contributed by atoms with E-state index in [0.717, 1.165) is 17.6 Å². The van der Waals surface area contributed by atoms with E-state index in [4.69, 9.17) is 4.42 Å². The third-order valence-corrected chi connectivity index (χ3v) is 19.5. The number of hydrogen-bond acceptors (Lipinski definition) is 3. The van der Waals surface area contributed by atoms with E-state index in [0.29, 0.717) is 0 Å². The van der Waals surface area contributed by atoms with E-state index in [2.05, 4.69) is 220 Å². The van der Waals surface area contributed by atoms with E-state index in [9.17, 15) is 0 Å². The summed E-state index contributed by atoms with van der Waals surface area (Å²) in [6.45, 7) is 28.5. The summed E-state index contributed by atoms with van der Waals surface area (Å²) in [6.07, 6.45) is 2.33. The maximum Gasteiger partial charge on any atom is 0.333 e. The van der Waals surface area contributed by atoms with Crippen LogP contribution in [0.25, 0.3) is 91.9 Å². The van der Waals surface area contributed by atoms with E-state index in [-0.39, 0.29) is 33.9 Å². The fourth-order valence-electron chi connectivity index (χ4n) is 14.2. The Morgan fingerprint density at radius 3 is 1.96 bits per heavy atom. The topological polar surface area (TPSA) is 21.3 Å². The normalized spacial score (nSPS) is 17.1. The Balaban J connectivity index is 1.16. The minimum atomic E-state index is -0.179. The lowest BCUT2D eigenvalue weighted by Gasteiger charge is -2.43. The van der Waals surface area contributed by atoms with Gasteiger partial charge in [-0.3, -0.25) is 0 Å². The number of fused-ring (bicyclic) bond motifs is 20. The highest BCUT2D eigenvalue weighted by molar-refractivity contribution is 7.27. The molecule has 8 aromatic carbocycles. The molecule has 0 N–H and O–H groups in total. The summed E-state index contributed by atoms with van der Waals surface area (Å²) in [5.41, 5.74) is 24.6. The highest BCUT2D eigenvalue weighted by Gasteiger charge is 2.48. The van der Waals surface area contributed by atoms with Gasteiger partial charge in [0.15, 0.2) is 0 Å². The molecule has 5 heterocycles. The number of thiophene rings is 1. The average Bonchev–Trinajstić information content (AvgIpc) is 4.07. The van der Waals surface area contributed by atoms with Crippen LogP contribution in [0.15, 0.2) is 132 Å². The summed E-state index contributed by atoms with van der Waals surface area (Å²) in [6, 6.07) is 50.4. The van der Waals surface area contributed by atoms with Crippen molar-refractivity contribution >= 4 is 104 Å². The minimum absolute atomic E-state index is 0.0108. The SMILES string of the molecule is CC(C)(C)c1ccc(N2B3c4cc5c(cc4-n4c6ccc(C(C)(C)C)cc6c6c7sc8ccccc8c7c(c3c64)-c3cc4c(cc32)oc2cc3c(cc24)C(C)(C)CCC3(C)C)-c2ccccc2C5(C)C)cc1. The van der Waals surface area contributed by atoms with E-state index >= 15 is 0 Å². The Labute approximate surface area is 427 Å². The smallest absolute Gasteiger partial charge is 0.333 e. The van der Waals surface area contributed by atoms with Gasteiger partial charge in [0.25, 0.3) is 0 Å². The molecular formula is C67H61BN2OS. The standard InChI is InChI=1S/C67H61BN2OS/c1-63(2,3)36-21-24-38(25-22-36)70-52-35-55-42(43-31-48-49(34-54(43)71-55)66(9,10)28-27-65(48,7)8)30-45(52)57-58-40-18-14-16-20-56(40)72-62(58)59-44-29-37(64(4,5)6)23-26-51(44)69-53-32-41-39-17-13-15-19-46(39)67(11,12)47(41)33-50(53)68(70)60(57)61(59)69/h13-26,29-35H,27-28H2,1-12H3. The van der Waals surface area contributed by atoms with Crippen molar-refractivity contribution in [2.75, 3.05) is 4.81 Å². The predicted octanol–water partition coefficient (Wildman–Crippen LogP) is 17.5. The van der Waals surface area contributed by atoms with Crippen LogP contribution in [0.5, 0.6) is 0 Å². The quantitative estimate of drug-likeness (QED) is 0.153. The zero-order valence-electron chi connectivity index (χ0n) is 43.8. The van der Waals surface area contributed by atoms with Gasteiger partial charge in [-0.15, -0.1) is 11.3 Å². The number of nitrogens with zero attached hydrogens (tertiary/aromatic N) is 2. The summed E-state index contributed by atoms with van der Waals surface area (Å²) in [5.74, 6) is 0. The number of rotatable bonds is 1. The molecule has 4 aliphatic rings. The molecular weight excluding hydrogens is 892 g/mol. The van der Waals surface area contributed by atoms with Crippen LogP contribution in [0.2, 0.25) is 0 Å². The summed E-state index contributed by atoms with van der Waals surface area (Å²) in [4.78, 5) is 2.72. The first kappa shape index (κ1) is 43.1. The van der Waals surface area contributed by atoms with Crippen LogP contribution in [-0.4, -0.2) is 11.4 Å². The molecule has 5 heteroatoms. The number of furan rings is 1. The van der Waals surface area contributed by atoms with Crippen molar-refractivity contribution in [1.82, 2.24) is 4.57 Å². The average molecular weight is 953 g/mol. The van der Waals surface area contributed by atoms with Crippen LogP contribution in [0.4, 0.5) is 11.4 Å². The van der Waals surface area contributed by atoms with Crippen molar-refractivity contribution in [2.24, 2.45) is 0 Å². The lowest BCUT2D eigenvalue weighted by atomic mass is 9.43. The van der Waals surface area contributed by atoms with E-state index in [1.807, 2.05) is 11.3 Å². The Hall–Kier alpha value is -6.56. The second-order valence-electron chi connectivity index (χ2n) is 26.0. The van der Waals surface area contributed by atoms with Gasteiger partial charge in [0.2, 0.25) is 0 Å². The monoisotopic (exact) mass is 952 g/mol. The van der Waals surface area contributed by atoms with Crippen molar-refractivity contribution < 1.29 is 4.42 Å². The second kappa shape index (κ2) is 13.5. The molecule has 0 fully saturated rings. The maximum atomic E-state index is 7.22. The third kappa shape index (κ3) is 5.43. The molecule has 0 unspecified atom stereocenters. The van der Waals surface area contributed by atoms with Crippen LogP contribution in [0, 0.1) is 0 Å². The molecule has 3 nitrogen and oxygen atoms in total. The van der Waals surface area contributed by atoms with Crippen LogP contribution in [-0.2, 0) is 27.1 Å². The zero-order valence-corrected chi connectivity index (χ0v) is 44.6. The van der Waals surface area contributed by atoms with Crippen LogP contribution >= 0.6 is 11.3 Å². The number of hydrogen-bond donors (Lipinski definition) is 0. The molecule has 2 aliphatic carbocycles. The Morgan fingerprint density at radius 1 is 0.542 bits per heavy atom. The van der Waals surface area contributed by atoms with Gasteiger partial charge in [0, 0.05) is 75.8 Å². The van der Waals surface area contributed by atoms with E-state index in [1.165, 1.54) is 143 Å². The molecule has 0 saturated heterocycles. The molecule has 0 saturated carbocycles. The van der Waals surface area contributed by atoms with Crippen molar-refractivity contribution in [3.05, 3.63) is 161 Å². The third-order valence-electron chi connectivity index (χ3n) is 18.3. The van der Waals surface area contributed by atoms with Crippen LogP contribution < -0.4 is 15.7 Å². The van der Waals surface area contributed by atoms with E-state index < -0.39 is 0 Å². The van der Waals surface area contributed by atoms with Gasteiger partial charge in [-0.05, 0) is 150 Å². The number of aromatic nitrogens is 1. The Kier molecular flexibility index (Phi) is 8.10. The van der Waals surface area contributed by atoms with Crippen molar-refractivity contribution in [3.8, 4) is 27.9 Å². The van der Waals surface area contributed by atoms with Crippen molar-refractivity contribution in [3.63, 3.8) is 0 Å². The molecule has 0 bridgehead atoms.